The number of sulfonamides is 1. The van der Waals surface area contributed by atoms with Gasteiger partial charge in [0, 0.05) is 17.6 Å². The first-order chi connectivity index (χ1) is 13.8. The second kappa shape index (κ2) is 9.04. The molecule has 1 amide bonds. The van der Waals surface area contributed by atoms with E-state index < -0.39 is 22.0 Å². The summed E-state index contributed by atoms with van der Waals surface area (Å²) in [6.07, 6.45) is 1.22. The van der Waals surface area contributed by atoms with Crippen LogP contribution in [0, 0.1) is 0 Å². The van der Waals surface area contributed by atoms with E-state index in [0.29, 0.717) is 10.6 Å². The number of amides is 1. The number of benzene rings is 2. The molecule has 1 aromatic heterocycles. The number of pyridine rings is 1. The summed E-state index contributed by atoms with van der Waals surface area (Å²) in [5.41, 5.74) is 0.616. The molecule has 0 radical (unpaired) electrons. The van der Waals surface area contributed by atoms with Crippen LogP contribution in [0.3, 0.4) is 0 Å². The average molecular weight is 432 g/mol. The molecular weight excluding hydrogens is 414 g/mol. The lowest BCUT2D eigenvalue weighted by Gasteiger charge is -2.19. The van der Waals surface area contributed by atoms with Crippen LogP contribution in [0.25, 0.3) is 0 Å². The lowest BCUT2D eigenvalue weighted by molar-refractivity contribution is -0.116. The summed E-state index contributed by atoms with van der Waals surface area (Å²) in [4.78, 5) is 16.4. The molecule has 150 valence electrons. The van der Waals surface area contributed by atoms with Crippen molar-refractivity contribution in [2.75, 3.05) is 5.32 Å². The van der Waals surface area contributed by atoms with Gasteiger partial charge in [0.1, 0.15) is 0 Å². The van der Waals surface area contributed by atoms with Crippen molar-refractivity contribution in [2.24, 2.45) is 0 Å². The molecule has 1 unspecified atom stereocenters. The highest BCUT2D eigenvalue weighted by Gasteiger charge is 2.24. The fourth-order valence-corrected chi connectivity index (χ4v) is 3.99. The number of carbonyl (C=O) groups is 1. The standard InChI is InChI=1S/C20H18ClN3O4S/c21-15-8-10-16(11-9-15)29(27,28)24-17(14-5-2-1-3-6-14)13-19(26)23-20-18(25)7-4-12-22-20/h1-12,17,24-25H,13H2,(H,22,23,26). The molecule has 0 saturated carbocycles. The number of halogens is 1. The van der Waals surface area contributed by atoms with E-state index in [1.54, 1.807) is 30.3 Å². The Hall–Kier alpha value is -2.94. The Balaban J connectivity index is 1.82. The molecule has 0 aliphatic rings. The lowest BCUT2D eigenvalue weighted by atomic mass is 10.0. The van der Waals surface area contributed by atoms with Gasteiger partial charge in [0.2, 0.25) is 15.9 Å². The molecule has 0 aliphatic heterocycles. The Bertz CT molecular complexity index is 1090. The van der Waals surface area contributed by atoms with Gasteiger partial charge in [-0.1, -0.05) is 41.9 Å². The number of aromatic nitrogens is 1. The molecule has 9 heteroatoms. The monoisotopic (exact) mass is 431 g/mol. The maximum absolute atomic E-state index is 12.8. The molecular formula is C20H18ClN3O4S. The molecule has 0 fully saturated rings. The molecule has 1 heterocycles. The van der Waals surface area contributed by atoms with Crippen molar-refractivity contribution >= 4 is 33.3 Å². The number of hydrogen-bond acceptors (Lipinski definition) is 5. The van der Waals surface area contributed by atoms with Crippen LogP contribution in [-0.2, 0) is 14.8 Å². The summed E-state index contributed by atoms with van der Waals surface area (Å²) in [5, 5.41) is 12.7. The molecule has 2 aromatic carbocycles. The van der Waals surface area contributed by atoms with Crippen molar-refractivity contribution in [3.05, 3.63) is 83.5 Å². The maximum Gasteiger partial charge on any atom is 0.241 e. The minimum absolute atomic E-state index is 0.00451. The number of aromatic hydroxyl groups is 1. The van der Waals surface area contributed by atoms with Crippen LogP contribution in [0.2, 0.25) is 5.02 Å². The third-order valence-corrected chi connectivity index (χ3v) is 5.80. The number of carbonyl (C=O) groups excluding carboxylic acids is 1. The van der Waals surface area contributed by atoms with Crippen LogP contribution in [-0.4, -0.2) is 24.4 Å². The van der Waals surface area contributed by atoms with Crippen molar-refractivity contribution in [1.29, 1.82) is 0 Å². The van der Waals surface area contributed by atoms with E-state index in [2.05, 4.69) is 15.0 Å². The Morgan fingerprint density at radius 2 is 1.72 bits per heavy atom. The molecule has 3 aromatic rings. The van der Waals surface area contributed by atoms with E-state index in [0.717, 1.165) is 0 Å². The van der Waals surface area contributed by atoms with Crippen LogP contribution in [0.5, 0.6) is 5.75 Å². The first kappa shape index (κ1) is 20.8. The maximum atomic E-state index is 12.8. The molecule has 0 spiro atoms. The highest BCUT2D eigenvalue weighted by Crippen LogP contribution is 2.23. The predicted molar refractivity (Wildman–Crippen MR) is 110 cm³/mol. The van der Waals surface area contributed by atoms with Crippen LogP contribution >= 0.6 is 11.6 Å². The van der Waals surface area contributed by atoms with E-state index in [1.165, 1.54) is 42.6 Å². The van der Waals surface area contributed by atoms with Crippen LogP contribution < -0.4 is 10.0 Å². The number of rotatable bonds is 7. The number of nitrogens with zero attached hydrogens (tertiary/aromatic N) is 1. The van der Waals surface area contributed by atoms with Crippen molar-refractivity contribution in [3.8, 4) is 5.75 Å². The van der Waals surface area contributed by atoms with Gasteiger partial charge >= 0.3 is 0 Å². The first-order valence-electron chi connectivity index (χ1n) is 8.62. The summed E-state index contributed by atoms with van der Waals surface area (Å²) in [6.45, 7) is 0. The Kier molecular flexibility index (Phi) is 6.48. The summed E-state index contributed by atoms with van der Waals surface area (Å²) in [6, 6.07) is 16.6. The smallest absolute Gasteiger partial charge is 0.241 e. The third kappa shape index (κ3) is 5.54. The average Bonchev–Trinajstić information content (AvgIpc) is 2.70. The van der Waals surface area contributed by atoms with E-state index in [4.69, 9.17) is 11.6 Å². The number of anilines is 1. The summed E-state index contributed by atoms with van der Waals surface area (Å²) in [5.74, 6) is -0.685. The van der Waals surface area contributed by atoms with Crippen LogP contribution in [0.1, 0.15) is 18.0 Å². The van der Waals surface area contributed by atoms with Crippen molar-refractivity contribution < 1.29 is 18.3 Å². The fraction of sp³-hybridized carbons (Fsp3) is 0.100. The van der Waals surface area contributed by atoms with E-state index in [-0.39, 0.29) is 22.9 Å². The van der Waals surface area contributed by atoms with Gasteiger partial charge in [0.25, 0.3) is 0 Å². The zero-order chi connectivity index (χ0) is 20.9. The van der Waals surface area contributed by atoms with Gasteiger partial charge in [-0.25, -0.2) is 18.1 Å². The first-order valence-corrected chi connectivity index (χ1v) is 10.5. The molecule has 3 rings (SSSR count). The van der Waals surface area contributed by atoms with Gasteiger partial charge in [-0.2, -0.15) is 0 Å². The Labute approximate surface area is 173 Å². The van der Waals surface area contributed by atoms with Gasteiger partial charge in [-0.15, -0.1) is 0 Å². The molecule has 0 saturated heterocycles. The van der Waals surface area contributed by atoms with Crippen molar-refractivity contribution in [1.82, 2.24) is 9.71 Å². The lowest BCUT2D eigenvalue weighted by Crippen LogP contribution is -2.31. The largest absolute Gasteiger partial charge is 0.504 e. The second-order valence-corrected chi connectivity index (χ2v) is 8.31. The highest BCUT2D eigenvalue weighted by molar-refractivity contribution is 7.89. The third-order valence-electron chi connectivity index (χ3n) is 4.06. The molecule has 3 N–H and O–H groups in total. The van der Waals surface area contributed by atoms with E-state index >= 15 is 0 Å². The molecule has 1 atom stereocenters. The molecule has 0 bridgehead atoms. The minimum Gasteiger partial charge on any atom is -0.504 e. The summed E-state index contributed by atoms with van der Waals surface area (Å²) < 4.78 is 28.1. The fourth-order valence-electron chi connectivity index (χ4n) is 2.64. The Morgan fingerprint density at radius 1 is 1.03 bits per heavy atom. The molecule has 0 aliphatic carbocycles. The summed E-state index contributed by atoms with van der Waals surface area (Å²) in [7, 11) is -3.90. The van der Waals surface area contributed by atoms with E-state index in [1.807, 2.05) is 0 Å². The van der Waals surface area contributed by atoms with E-state index in [9.17, 15) is 18.3 Å². The SMILES string of the molecule is O=C(CC(NS(=O)(=O)c1ccc(Cl)cc1)c1ccccc1)Nc1ncccc1O. The zero-order valence-electron chi connectivity index (χ0n) is 15.1. The highest BCUT2D eigenvalue weighted by atomic mass is 35.5. The quantitative estimate of drug-likeness (QED) is 0.530. The van der Waals surface area contributed by atoms with Gasteiger partial charge < -0.3 is 10.4 Å². The second-order valence-electron chi connectivity index (χ2n) is 6.16. The van der Waals surface area contributed by atoms with Crippen molar-refractivity contribution in [3.63, 3.8) is 0 Å². The zero-order valence-corrected chi connectivity index (χ0v) is 16.7. The summed E-state index contributed by atoms with van der Waals surface area (Å²) >= 11 is 5.83. The predicted octanol–water partition coefficient (Wildman–Crippen LogP) is 3.49. The van der Waals surface area contributed by atoms with Crippen LogP contribution in [0.4, 0.5) is 5.82 Å². The number of hydrogen-bond donors (Lipinski definition) is 3. The Morgan fingerprint density at radius 3 is 2.38 bits per heavy atom. The minimum atomic E-state index is -3.90. The molecule has 29 heavy (non-hydrogen) atoms. The normalized spacial score (nSPS) is 12.3. The van der Waals surface area contributed by atoms with Gasteiger partial charge in [-0.3, -0.25) is 4.79 Å². The van der Waals surface area contributed by atoms with Gasteiger partial charge in [0.15, 0.2) is 11.6 Å². The molecule has 7 nitrogen and oxygen atoms in total. The van der Waals surface area contributed by atoms with Crippen molar-refractivity contribution in [2.45, 2.75) is 17.4 Å². The van der Waals surface area contributed by atoms with Gasteiger partial charge in [-0.05, 0) is 42.0 Å². The van der Waals surface area contributed by atoms with Gasteiger partial charge in [0.05, 0.1) is 10.9 Å². The van der Waals surface area contributed by atoms with Crippen LogP contribution in [0.15, 0.2) is 77.8 Å². The topological polar surface area (TPSA) is 108 Å². The number of nitrogens with one attached hydrogen (secondary N) is 2.